The van der Waals surface area contributed by atoms with Gasteiger partial charge in [0.2, 0.25) is 5.91 Å². The molecule has 0 fully saturated rings. The Balaban J connectivity index is 2.06. The minimum atomic E-state index is -0.672. The van der Waals surface area contributed by atoms with Crippen LogP contribution in [0.1, 0.15) is 30.6 Å². The fourth-order valence-corrected chi connectivity index (χ4v) is 2.44. The summed E-state index contributed by atoms with van der Waals surface area (Å²) in [7, 11) is 0. The third kappa shape index (κ3) is 5.21. The van der Waals surface area contributed by atoms with Gasteiger partial charge in [0, 0.05) is 11.1 Å². The lowest BCUT2D eigenvalue weighted by Gasteiger charge is -2.19. The minimum Gasteiger partial charge on any atom is -0.472 e. The Morgan fingerprint density at radius 1 is 1.16 bits per heavy atom. The van der Waals surface area contributed by atoms with Crippen molar-refractivity contribution < 1.29 is 14.0 Å². The van der Waals surface area contributed by atoms with Gasteiger partial charge in [-0.25, -0.2) is 0 Å². The molecule has 2 amide bonds. The van der Waals surface area contributed by atoms with Gasteiger partial charge >= 0.3 is 0 Å². The Kier molecular flexibility index (Phi) is 6.35. The zero-order chi connectivity index (χ0) is 18.2. The van der Waals surface area contributed by atoms with Crippen LogP contribution in [0.2, 0.25) is 0 Å². The Hall–Kier alpha value is -3.07. The maximum Gasteiger partial charge on any atom is 0.251 e. The van der Waals surface area contributed by atoms with E-state index in [2.05, 4.69) is 10.6 Å². The molecule has 1 aromatic heterocycles. The molecule has 130 valence electrons. The zero-order valence-corrected chi connectivity index (χ0v) is 14.3. The van der Waals surface area contributed by atoms with Crippen molar-refractivity contribution in [3.05, 3.63) is 48.4 Å². The highest BCUT2D eigenvalue weighted by Crippen LogP contribution is 2.20. The van der Waals surface area contributed by atoms with Gasteiger partial charge in [0.25, 0.3) is 5.91 Å². The molecule has 0 aliphatic heterocycles. The van der Waals surface area contributed by atoms with Gasteiger partial charge in [-0.2, -0.15) is 5.26 Å². The molecular formula is C19H21N3O3. The molecule has 0 saturated carbocycles. The summed E-state index contributed by atoms with van der Waals surface area (Å²) in [5, 5.41) is 13.8. The molecule has 6 heteroatoms. The third-order valence-corrected chi connectivity index (χ3v) is 3.67. The number of hydrogen-bond donors (Lipinski definition) is 2. The van der Waals surface area contributed by atoms with Crippen LogP contribution >= 0.6 is 0 Å². The smallest absolute Gasteiger partial charge is 0.251 e. The minimum absolute atomic E-state index is 0.0807. The van der Waals surface area contributed by atoms with E-state index < -0.39 is 6.04 Å². The number of furan rings is 1. The van der Waals surface area contributed by atoms with E-state index in [-0.39, 0.29) is 24.3 Å². The van der Waals surface area contributed by atoms with Gasteiger partial charge in [-0.1, -0.05) is 26.0 Å². The molecule has 0 aliphatic rings. The lowest BCUT2D eigenvalue weighted by atomic mass is 10.0. The number of rotatable bonds is 7. The van der Waals surface area contributed by atoms with Crippen molar-refractivity contribution in [3.63, 3.8) is 0 Å². The summed E-state index contributed by atoms with van der Waals surface area (Å²) in [5.74, 6) is -0.447. The molecule has 0 spiro atoms. The molecule has 1 heterocycles. The number of hydrogen-bond acceptors (Lipinski definition) is 4. The van der Waals surface area contributed by atoms with E-state index in [0.29, 0.717) is 12.0 Å². The fraction of sp³-hybridized carbons (Fsp3) is 0.316. The van der Waals surface area contributed by atoms with Gasteiger partial charge in [-0.05, 0) is 36.1 Å². The largest absolute Gasteiger partial charge is 0.472 e. The molecule has 2 rings (SSSR count). The second kappa shape index (κ2) is 8.69. The molecular weight excluding hydrogens is 318 g/mol. The van der Waals surface area contributed by atoms with E-state index in [1.165, 1.54) is 0 Å². The molecule has 0 radical (unpaired) electrons. The maximum absolute atomic E-state index is 12.4. The zero-order valence-electron chi connectivity index (χ0n) is 14.3. The Labute approximate surface area is 146 Å². The number of nitrogens with zero attached hydrogens (tertiary/aromatic N) is 1. The average Bonchev–Trinajstić information content (AvgIpc) is 3.13. The van der Waals surface area contributed by atoms with Crippen molar-refractivity contribution in [1.29, 1.82) is 5.26 Å². The van der Waals surface area contributed by atoms with Crippen LogP contribution in [0.3, 0.4) is 0 Å². The molecule has 0 bridgehead atoms. The van der Waals surface area contributed by atoms with Crippen LogP contribution in [0.5, 0.6) is 0 Å². The third-order valence-electron chi connectivity index (χ3n) is 3.67. The van der Waals surface area contributed by atoms with Crippen molar-refractivity contribution in [2.45, 2.75) is 26.3 Å². The molecule has 6 nitrogen and oxygen atoms in total. The second-order valence-corrected chi connectivity index (χ2v) is 6.12. The van der Waals surface area contributed by atoms with Gasteiger partial charge in [-0.15, -0.1) is 0 Å². The molecule has 0 aliphatic carbocycles. The van der Waals surface area contributed by atoms with Crippen LogP contribution in [0.4, 0.5) is 0 Å². The van der Waals surface area contributed by atoms with Crippen LogP contribution in [-0.2, 0) is 4.79 Å². The van der Waals surface area contributed by atoms with E-state index >= 15 is 0 Å². The van der Waals surface area contributed by atoms with Crippen molar-refractivity contribution >= 4 is 11.8 Å². The first-order chi connectivity index (χ1) is 12.0. The van der Waals surface area contributed by atoms with E-state index in [0.717, 1.165) is 11.1 Å². The number of benzene rings is 1. The SMILES string of the molecule is CC(C)C[C@H](NC(=O)c1ccc(-c2ccoc2)cc1)C(=O)NCC#N. The van der Waals surface area contributed by atoms with Gasteiger partial charge in [0.15, 0.2) is 0 Å². The number of nitriles is 1. The first-order valence-corrected chi connectivity index (χ1v) is 8.09. The topological polar surface area (TPSA) is 95.1 Å². The highest BCUT2D eigenvalue weighted by molar-refractivity contribution is 5.97. The Morgan fingerprint density at radius 2 is 1.88 bits per heavy atom. The van der Waals surface area contributed by atoms with E-state index in [9.17, 15) is 9.59 Å². The van der Waals surface area contributed by atoms with Crippen LogP contribution in [0.25, 0.3) is 11.1 Å². The quantitative estimate of drug-likeness (QED) is 0.758. The van der Waals surface area contributed by atoms with Crippen LogP contribution in [0.15, 0.2) is 47.3 Å². The summed E-state index contributed by atoms with van der Waals surface area (Å²) in [5.41, 5.74) is 2.34. The van der Waals surface area contributed by atoms with Crippen molar-refractivity contribution in [2.24, 2.45) is 5.92 Å². The normalized spacial score (nSPS) is 11.6. The van der Waals surface area contributed by atoms with E-state index in [1.54, 1.807) is 24.7 Å². The maximum atomic E-state index is 12.4. The van der Waals surface area contributed by atoms with Crippen molar-refractivity contribution in [2.75, 3.05) is 6.54 Å². The summed E-state index contributed by atoms with van der Waals surface area (Å²) in [6.45, 7) is 3.86. The van der Waals surface area contributed by atoms with Crippen molar-refractivity contribution in [1.82, 2.24) is 10.6 Å². The Bertz CT molecular complexity index is 743. The lowest BCUT2D eigenvalue weighted by Crippen LogP contribution is -2.47. The van der Waals surface area contributed by atoms with E-state index in [1.807, 2.05) is 38.1 Å². The van der Waals surface area contributed by atoms with Crippen LogP contribution in [-0.4, -0.2) is 24.4 Å². The number of carbonyl (C=O) groups is 2. The molecule has 2 N–H and O–H groups in total. The molecule has 1 aromatic carbocycles. The molecule has 1 atom stereocenters. The molecule has 0 saturated heterocycles. The monoisotopic (exact) mass is 339 g/mol. The summed E-state index contributed by atoms with van der Waals surface area (Å²) >= 11 is 0. The predicted octanol–water partition coefficient (Wildman–Crippen LogP) is 2.73. The summed E-state index contributed by atoms with van der Waals surface area (Å²) in [6.07, 6.45) is 3.72. The van der Waals surface area contributed by atoms with Crippen LogP contribution < -0.4 is 10.6 Å². The van der Waals surface area contributed by atoms with Gasteiger partial charge in [-0.3, -0.25) is 9.59 Å². The number of nitrogens with one attached hydrogen (secondary N) is 2. The lowest BCUT2D eigenvalue weighted by molar-refractivity contribution is -0.123. The van der Waals surface area contributed by atoms with Gasteiger partial charge in [0.05, 0.1) is 18.6 Å². The fourth-order valence-electron chi connectivity index (χ4n) is 2.44. The van der Waals surface area contributed by atoms with E-state index in [4.69, 9.17) is 9.68 Å². The second-order valence-electron chi connectivity index (χ2n) is 6.12. The number of carbonyl (C=O) groups excluding carboxylic acids is 2. The first-order valence-electron chi connectivity index (χ1n) is 8.09. The standard InChI is InChI=1S/C19H21N3O3/c1-13(2)11-17(19(24)21-9-8-20)22-18(23)15-5-3-14(4-6-15)16-7-10-25-12-16/h3-7,10,12-13,17H,9,11H2,1-2H3,(H,21,24)(H,22,23)/t17-/m0/s1. The predicted molar refractivity (Wildman–Crippen MR) is 93.5 cm³/mol. The van der Waals surface area contributed by atoms with Gasteiger partial charge < -0.3 is 15.1 Å². The van der Waals surface area contributed by atoms with Crippen molar-refractivity contribution in [3.8, 4) is 17.2 Å². The molecule has 2 aromatic rings. The average molecular weight is 339 g/mol. The molecule has 0 unspecified atom stereocenters. The number of amides is 2. The Morgan fingerprint density at radius 3 is 2.44 bits per heavy atom. The highest BCUT2D eigenvalue weighted by atomic mass is 16.3. The molecule has 25 heavy (non-hydrogen) atoms. The van der Waals surface area contributed by atoms with Gasteiger partial charge in [0.1, 0.15) is 12.6 Å². The summed E-state index contributed by atoms with van der Waals surface area (Å²) in [4.78, 5) is 24.6. The highest BCUT2D eigenvalue weighted by Gasteiger charge is 2.22. The summed E-state index contributed by atoms with van der Waals surface area (Å²) in [6, 6.07) is 10.1. The first kappa shape index (κ1) is 18.3. The summed E-state index contributed by atoms with van der Waals surface area (Å²) < 4.78 is 5.05. The van der Waals surface area contributed by atoms with Crippen LogP contribution in [0, 0.1) is 17.2 Å².